The molecular formula is C29H39N3O3S. The smallest absolute Gasteiger partial charge is 0.226 e. The van der Waals surface area contributed by atoms with Gasteiger partial charge in [0.1, 0.15) is 5.75 Å². The Morgan fingerprint density at radius 2 is 2.22 bits per heavy atom. The molecule has 194 valence electrons. The number of aryl methyl sites for hydroxylation is 2. The molecule has 2 aromatic rings. The zero-order valence-electron chi connectivity index (χ0n) is 21.8. The normalized spacial score (nSPS) is 30.0. The van der Waals surface area contributed by atoms with Gasteiger partial charge in [-0.05, 0) is 98.8 Å². The largest absolute Gasteiger partial charge is 0.508 e. The maximum atomic E-state index is 12.6. The lowest BCUT2D eigenvalue weighted by Crippen LogP contribution is -2.44. The van der Waals surface area contributed by atoms with Gasteiger partial charge in [-0.2, -0.15) is 0 Å². The van der Waals surface area contributed by atoms with E-state index in [1.54, 1.807) is 13.3 Å². The molecule has 3 aliphatic carbocycles. The molecule has 2 saturated carbocycles. The van der Waals surface area contributed by atoms with Crippen LogP contribution >= 0.6 is 11.3 Å². The first-order chi connectivity index (χ1) is 17.4. The Bertz CT molecular complexity index is 1130. The van der Waals surface area contributed by atoms with Crippen molar-refractivity contribution in [2.75, 3.05) is 25.6 Å². The summed E-state index contributed by atoms with van der Waals surface area (Å²) in [7, 11) is 1.74. The Labute approximate surface area is 218 Å². The first-order valence-corrected chi connectivity index (χ1v) is 14.3. The molecule has 2 N–H and O–H groups in total. The predicted octanol–water partition coefficient (Wildman–Crippen LogP) is 6.14. The molecule has 0 bridgehead atoms. The van der Waals surface area contributed by atoms with Crippen molar-refractivity contribution >= 4 is 28.1 Å². The first kappa shape index (κ1) is 25.4. The number of anilines is 1. The van der Waals surface area contributed by atoms with Gasteiger partial charge in [-0.25, -0.2) is 4.98 Å². The molecule has 36 heavy (non-hydrogen) atoms. The minimum atomic E-state index is 0.0621. The van der Waals surface area contributed by atoms with Crippen LogP contribution in [0.1, 0.15) is 73.8 Å². The average molecular weight is 510 g/mol. The Morgan fingerprint density at radius 1 is 1.36 bits per heavy atom. The van der Waals surface area contributed by atoms with Gasteiger partial charge in [0.05, 0.1) is 13.2 Å². The number of nitrogens with one attached hydrogen (secondary N) is 1. The minimum Gasteiger partial charge on any atom is -0.508 e. The molecule has 1 amide bonds. The standard InChI is InChI=1S/C29H39N3O3S/c1-18-17-31-28(36-18)32-26(34)6-4-5-20-16-25(30-13-14-35-3)29(2)12-11-23-22-10-8-21(33)15-19(22)7-9-24(23)27(20)29/h8,10,15,17,20,23-24,27,33H,4-7,9,11-14,16H2,1-3H3,(H,31,32,34)/b30-25+/t20-,23?,24?,27?,29-/m1/s1. The predicted molar refractivity (Wildman–Crippen MR) is 145 cm³/mol. The fourth-order valence-electron chi connectivity index (χ4n) is 7.55. The van der Waals surface area contributed by atoms with Crippen molar-refractivity contribution < 1.29 is 14.6 Å². The number of benzene rings is 1. The molecule has 1 heterocycles. The van der Waals surface area contributed by atoms with Gasteiger partial charge in [0.25, 0.3) is 0 Å². The molecular weight excluding hydrogens is 470 g/mol. The lowest BCUT2D eigenvalue weighted by atomic mass is 9.54. The summed E-state index contributed by atoms with van der Waals surface area (Å²) in [6.45, 7) is 5.85. The maximum Gasteiger partial charge on any atom is 0.226 e. The van der Waals surface area contributed by atoms with Gasteiger partial charge < -0.3 is 15.2 Å². The molecule has 6 nitrogen and oxygen atoms in total. The minimum absolute atomic E-state index is 0.0621. The molecule has 0 spiro atoms. The van der Waals surface area contributed by atoms with Crippen LogP contribution in [0, 0.1) is 30.1 Å². The van der Waals surface area contributed by atoms with Gasteiger partial charge in [-0.1, -0.05) is 13.0 Å². The topological polar surface area (TPSA) is 83.8 Å². The molecule has 2 fully saturated rings. The van der Waals surface area contributed by atoms with Crippen molar-refractivity contribution in [3.63, 3.8) is 0 Å². The number of aromatic nitrogens is 1. The summed E-state index contributed by atoms with van der Waals surface area (Å²) in [4.78, 5) is 23.0. The van der Waals surface area contributed by atoms with Crippen molar-refractivity contribution in [2.45, 2.75) is 71.1 Å². The fourth-order valence-corrected chi connectivity index (χ4v) is 8.23. The summed E-state index contributed by atoms with van der Waals surface area (Å²) in [6, 6.07) is 6.01. The van der Waals surface area contributed by atoms with Crippen LogP contribution < -0.4 is 5.32 Å². The lowest BCUT2D eigenvalue weighted by molar-refractivity contribution is -0.116. The highest BCUT2D eigenvalue weighted by Crippen LogP contribution is 2.62. The van der Waals surface area contributed by atoms with Gasteiger partial charge >= 0.3 is 0 Å². The second-order valence-electron chi connectivity index (χ2n) is 11.2. The van der Waals surface area contributed by atoms with Crippen LogP contribution in [0.5, 0.6) is 5.75 Å². The summed E-state index contributed by atoms with van der Waals surface area (Å²) < 4.78 is 5.30. The zero-order chi connectivity index (χ0) is 25.3. The van der Waals surface area contributed by atoms with E-state index in [4.69, 9.17) is 9.73 Å². The highest BCUT2D eigenvalue weighted by Gasteiger charge is 2.57. The Balaban J connectivity index is 1.32. The van der Waals surface area contributed by atoms with Crippen LogP contribution in [0.2, 0.25) is 0 Å². The second kappa shape index (κ2) is 10.6. The molecule has 0 saturated heterocycles. The summed E-state index contributed by atoms with van der Waals surface area (Å²) in [6.07, 6.45) is 9.87. The lowest BCUT2D eigenvalue weighted by Gasteiger charge is -2.50. The van der Waals surface area contributed by atoms with Crippen LogP contribution in [-0.2, 0) is 16.0 Å². The van der Waals surface area contributed by atoms with E-state index < -0.39 is 0 Å². The van der Waals surface area contributed by atoms with E-state index in [1.165, 1.54) is 41.0 Å². The van der Waals surface area contributed by atoms with E-state index in [0.29, 0.717) is 47.6 Å². The number of nitrogens with zero attached hydrogens (tertiary/aromatic N) is 2. The van der Waals surface area contributed by atoms with E-state index in [-0.39, 0.29) is 11.3 Å². The summed E-state index contributed by atoms with van der Waals surface area (Å²) in [5, 5.41) is 13.7. The van der Waals surface area contributed by atoms with Crippen LogP contribution in [0.15, 0.2) is 29.4 Å². The van der Waals surface area contributed by atoms with Crippen LogP contribution in [-0.4, -0.2) is 42.0 Å². The zero-order valence-corrected chi connectivity index (χ0v) is 22.6. The highest BCUT2D eigenvalue weighted by atomic mass is 32.1. The summed E-state index contributed by atoms with van der Waals surface area (Å²) >= 11 is 1.52. The SMILES string of the molecule is COCC/N=C1\C[C@@H](CCCC(=O)Nc2ncc(C)s2)C2C3CCc4cc(O)ccc4C3CC[C@]12C. The van der Waals surface area contributed by atoms with Gasteiger partial charge in [-0.3, -0.25) is 9.79 Å². The summed E-state index contributed by atoms with van der Waals surface area (Å²) in [5.41, 5.74) is 4.30. The van der Waals surface area contributed by atoms with Crippen LogP contribution in [0.25, 0.3) is 0 Å². The summed E-state index contributed by atoms with van der Waals surface area (Å²) in [5.74, 6) is 2.77. The fraction of sp³-hybridized carbons (Fsp3) is 0.621. The number of methoxy groups -OCH3 is 1. The van der Waals surface area contributed by atoms with Gasteiger partial charge in [-0.15, -0.1) is 11.3 Å². The number of carbonyl (C=O) groups excluding carboxylic acids is 1. The van der Waals surface area contributed by atoms with Crippen LogP contribution in [0.3, 0.4) is 0 Å². The number of aromatic hydroxyl groups is 1. The molecule has 0 aliphatic heterocycles. The molecule has 1 aromatic heterocycles. The number of amides is 1. The van der Waals surface area contributed by atoms with Gasteiger partial charge in [0, 0.05) is 35.7 Å². The molecule has 5 rings (SSSR count). The number of rotatable bonds is 8. The Hall–Kier alpha value is -2.25. The van der Waals surface area contributed by atoms with Crippen molar-refractivity contribution in [1.82, 2.24) is 4.98 Å². The number of carbonyl (C=O) groups is 1. The molecule has 0 radical (unpaired) electrons. The van der Waals surface area contributed by atoms with E-state index in [1.807, 2.05) is 19.1 Å². The van der Waals surface area contributed by atoms with Crippen molar-refractivity contribution in [1.29, 1.82) is 0 Å². The molecule has 7 heteroatoms. The number of phenols is 1. The quantitative estimate of drug-likeness (QED) is 0.419. The van der Waals surface area contributed by atoms with Crippen molar-refractivity contribution in [3.8, 4) is 5.75 Å². The van der Waals surface area contributed by atoms with Crippen molar-refractivity contribution in [3.05, 3.63) is 40.4 Å². The number of fused-ring (bicyclic) bond motifs is 5. The van der Waals surface area contributed by atoms with E-state index in [9.17, 15) is 9.90 Å². The third kappa shape index (κ3) is 4.97. The third-order valence-corrected chi connectivity index (χ3v) is 9.86. The number of phenolic OH excluding ortho intramolecular Hbond substituents is 1. The number of hydrogen-bond donors (Lipinski definition) is 2. The maximum absolute atomic E-state index is 12.6. The Morgan fingerprint density at radius 3 is 3.00 bits per heavy atom. The molecule has 1 aromatic carbocycles. The van der Waals surface area contributed by atoms with Crippen molar-refractivity contribution in [2.24, 2.45) is 28.2 Å². The van der Waals surface area contributed by atoms with E-state index in [2.05, 4.69) is 23.3 Å². The second-order valence-corrected chi connectivity index (χ2v) is 12.4. The first-order valence-electron chi connectivity index (χ1n) is 13.5. The molecule has 3 unspecified atom stereocenters. The number of aliphatic imine (C=N–C) groups is 1. The third-order valence-electron chi connectivity index (χ3n) is 9.03. The molecule has 3 aliphatic rings. The van der Waals surface area contributed by atoms with Gasteiger partial charge in [0.2, 0.25) is 5.91 Å². The average Bonchev–Trinajstić information content (AvgIpc) is 3.38. The highest BCUT2D eigenvalue weighted by molar-refractivity contribution is 7.15. The number of hydrogen-bond acceptors (Lipinski definition) is 6. The van der Waals surface area contributed by atoms with E-state index in [0.717, 1.165) is 43.5 Å². The molecule has 5 atom stereocenters. The van der Waals surface area contributed by atoms with Gasteiger partial charge in [0.15, 0.2) is 5.13 Å². The monoisotopic (exact) mass is 509 g/mol. The van der Waals surface area contributed by atoms with E-state index >= 15 is 0 Å². The number of ether oxygens (including phenoxy) is 1. The van der Waals surface area contributed by atoms with Crippen LogP contribution in [0.4, 0.5) is 5.13 Å². The Kier molecular flexibility index (Phi) is 7.49. The number of thiazole rings is 1.